The maximum Gasteiger partial charge on any atom is 0.157 e. The summed E-state index contributed by atoms with van der Waals surface area (Å²) in [5.74, 6) is 1.94. The van der Waals surface area contributed by atoms with Crippen molar-refractivity contribution < 1.29 is 14.2 Å². The fourth-order valence-corrected chi connectivity index (χ4v) is 3.74. The van der Waals surface area contributed by atoms with Gasteiger partial charge in [0.2, 0.25) is 0 Å². The molecule has 3 aromatic carbocycles. The zero-order valence-corrected chi connectivity index (χ0v) is 20.2. The van der Waals surface area contributed by atoms with Gasteiger partial charge in [-0.3, -0.25) is 0 Å². The van der Waals surface area contributed by atoms with E-state index in [1.807, 2.05) is 24.3 Å². The highest BCUT2D eigenvalue weighted by Crippen LogP contribution is 2.37. The Hall–Kier alpha value is -1.46. The molecule has 9 heteroatoms. The van der Waals surface area contributed by atoms with Gasteiger partial charge < -0.3 is 14.2 Å². The van der Waals surface area contributed by atoms with Gasteiger partial charge in [-0.25, -0.2) is 0 Å². The topological polar surface area (TPSA) is 27.7 Å². The Kier molecular flexibility index (Phi) is 8.91. The Morgan fingerprint density at radius 3 is 2.06 bits per heavy atom. The number of benzene rings is 3. The average molecular weight is 539 g/mol. The largest absolute Gasteiger partial charge is 0.489 e. The van der Waals surface area contributed by atoms with E-state index in [0.29, 0.717) is 43.1 Å². The first-order chi connectivity index (χ1) is 14.8. The van der Waals surface area contributed by atoms with Gasteiger partial charge in [-0.05, 0) is 42.0 Å². The Balaban J connectivity index is 1.67. The molecule has 0 amide bonds. The van der Waals surface area contributed by atoms with Crippen LogP contribution in [-0.2, 0) is 6.61 Å². The first-order valence-corrected chi connectivity index (χ1v) is 11.1. The minimum atomic E-state index is 0.113. The summed E-state index contributed by atoms with van der Waals surface area (Å²) in [6, 6.07) is 15.6. The summed E-state index contributed by atoms with van der Waals surface area (Å²) in [4.78, 5) is 0. The first kappa shape index (κ1) is 24.2. The lowest BCUT2D eigenvalue weighted by molar-refractivity contribution is 0.304. The van der Waals surface area contributed by atoms with Crippen LogP contribution in [0.3, 0.4) is 0 Å². The van der Waals surface area contributed by atoms with Crippen LogP contribution in [0.5, 0.6) is 23.0 Å². The van der Waals surface area contributed by atoms with Gasteiger partial charge in [-0.1, -0.05) is 81.7 Å². The molecule has 3 nitrogen and oxygen atoms in total. The second-order valence-electron chi connectivity index (χ2n) is 6.16. The summed E-state index contributed by atoms with van der Waals surface area (Å²) in [6.45, 7) is 0.400. The van der Waals surface area contributed by atoms with Crippen molar-refractivity contribution >= 4 is 69.6 Å². The van der Waals surface area contributed by atoms with E-state index in [-0.39, 0.29) is 17.7 Å². The smallest absolute Gasteiger partial charge is 0.157 e. The molecule has 0 N–H and O–H groups in total. The number of ether oxygens (including phenoxy) is 3. The first-order valence-electron chi connectivity index (χ1n) is 8.79. The van der Waals surface area contributed by atoms with Crippen molar-refractivity contribution in [3.63, 3.8) is 0 Å². The van der Waals surface area contributed by atoms with E-state index in [4.69, 9.17) is 83.8 Å². The number of hydrogen-bond acceptors (Lipinski definition) is 3. The highest BCUT2D eigenvalue weighted by Gasteiger charge is 2.11. The van der Waals surface area contributed by atoms with E-state index in [2.05, 4.69) is 0 Å². The van der Waals surface area contributed by atoms with Crippen molar-refractivity contribution in [1.29, 1.82) is 0 Å². The van der Waals surface area contributed by atoms with Crippen LogP contribution in [0.1, 0.15) is 5.56 Å². The second kappa shape index (κ2) is 11.4. The second-order valence-corrected chi connectivity index (χ2v) is 8.86. The molecule has 0 aliphatic rings. The van der Waals surface area contributed by atoms with Crippen molar-refractivity contribution in [2.45, 2.75) is 6.61 Å². The summed E-state index contributed by atoms with van der Waals surface area (Å²) >= 11 is 35.7. The molecule has 0 spiro atoms. The molecular formula is C22H14Cl6O3. The Labute approximate surface area is 209 Å². The van der Waals surface area contributed by atoms with Crippen molar-refractivity contribution in [2.75, 3.05) is 6.61 Å². The highest BCUT2D eigenvalue weighted by molar-refractivity contribution is 6.55. The van der Waals surface area contributed by atoms with E-state index in [1.165, 1.54) is 6.08 Å². The van der Waals surface area contributed by atoms with Crippen molar-refractivity contribution in [3.05, 3.63) is 90.8 Å². The predicted octanol–water partition coefficient (Wildman–Crippen LogP) is 9.37. The van der Waals surface area contributed by atoms with Gasteiger partial charge in [-0.2, -0.15) is 0 Å². The van der Waals surface area contributed by atoms with Gasteiger partial charge in [-0.15, -0.1) is 0 Å². The summed E-state index contributed by atoms with van der Waals surface area (Å²) in [5.41, 5.74) is 0.847. The highest BCUT2D eigenvalue weighted by atomic mass is 35.5. The van der Waals surface area contributed by atoms with Gasteiger partial charge >= 0.3 is 0 Å². The molecule has 0 heterocycles. The van der Waals surface area contributed by atoms with E-state index < -0.39 is 0 Å². The third-order valence-corrected chi connectivity index (χ3v) is 5.12. The molecule has 0 fully saturated rings. The van der Waals surface area contributed by atoms with Crippen LogP contribution in [0.25, 0.3) is 0 Å². The molecule has 3 aromatic rings. The van der Waals surface area contributed by atoms with Gasteiger partial charge in [0.1, 0.15) is 35.0 Å². The Morgan fingerprint density at radius 1 is 0.742 bits per heavy atom. The Morgan fingerprint density at radius 2 is 1.42 bits per heavy atom. The lowest BCUT2D eigenvalue weighted by atomic mass is 10.2. The van der Waals surface area contributed by atoms with Crippen LogP contribution >= 0.6 is 69.6 Å². The minimum Gasteiger partial charge on any atom is -0.489 e. The Bertz CT molecular complexity index is 1050. The molecule has 0 radical (unpaired) electrons. The third kappa shape index (κ3) is 7.57. The van der Waals surface area contributed by atoms with Crippen molar-refractivity contribution in [1.82, 2.24) is 0 Å². The molecule has 0 atom stereocenters. The van der Waals surface area contributed by atoms with Gasteiger partial charge in [0.15, 0.2) is 5.75 Å². The van der Waals surface area contributed by atoms with Crippen LogP contribution < -0.4 is 14.2 Å². The third-order valence-electron chi connectivity index (χ3n) is 3.81. The van der Waals surface area contributed by atoms with Crippen LogP contribution in [0, 0.1) is 0 Å². The molecule has 3 rings (SSSR count). The van der Waals surface area contributed by atoms with Crippen LogP contribution in [0.2, 0.25) is 20.1 Å². The molecule has 0 aliphatic carbocycles. The summed E-state index contributed by atoms with van der Waals surface area (Å²) in [7, 11) is 0. The fourth-order valence-electron chi connectivity index (χ4n) is 2.54. The zero-order valence-electron chi connectivity index (χ0n) is 15.7. The monoisotopic (exact) mass is 536 g/mol. The quantitative estimate of drug-likeness (QED) is 0.286. The summed E-state index contributed by atoms with van der Waals surface area (Å²) < 4.78 is 17.3. The fraction of sp³-hybridized carbons (Fsp3) is 0.0909. The van der Waals surface area contributed by atoms with Gasteiger partial charge in [0, 0.05) is 22.2 Å². The number of halogens is 6. The summed E-state index contributed by atoms with van der Waals surface area (Å²) in [5, 5.41) is 1.59. The van der Waals surface area contributed by atoms with Crippen LogP contribution in [-0.4, -0.2) is 6.61 Å². The lowest BCUT2D eigenvalue weighted by Crippen LogP contribution is -1.99. The predicted molar refractivity (Wildman–Crippen MR) is 129 cm³/mol. The normalized spacial score (nSPS) is 10.5. The van der Waals surface area contributed by atoms with Gasteiger partial charge in [0.05, 0.1) is 10.0 Å². The lowest BCUT2D eigenvalue weighted by Gasteiger charge is -2.13. The van der Waals surface area contributed by atoms with Crippen LogP contribution in [0.15, 0.2) is 65.2 Å². The molecule has 0 aliphatic heterocycles. The molecule has 0 aromatic heterocycles. The van der Waals surface area contributed by atoms with Crippen LogP contribution in [0.4, 0.5) is 0 Å². The molecule has 0 unspecified atom stereocenters. The number of hydrogen-bond donors (Lipinski definition) is 0. The SMILES string of the molecule is ClC(Cl)=CCOc1cc(Cl)c(OCc2cccc(Oc3cc(Cl)cc(Cl)c3)c2)c(Cl)c1. The standard InChI is InChI=1S/C22H14Cl6O3/c23-14-7-15(24)9-18(8-14)31-16-3-1-2-13(6-16)12-30-22-19(25)10-17(11-20(22)26)29-5-4-21(27)28/h1-4,6-11H,5,12H2. The van der Waals surface area contributed by atoms with E-state index in [1.54, 1.807) is 30.3 Å². The summed E-state index contributed by atoms with van der Waals surface area (Å²) in [6.07, 6.45) is 1.50. The maximum atomic E-state index is 6.30. The number of rotatable bonds is 8. The van der Waals surface area contributed by atoms with Gasteiger partial charge in [0.25, 0.3) is 0 Å². The minimum absolute atomic E-state index is 0.113. The average Bonchev–Trinajstić information content (AvgIpc) is 2.66. The van der Waals surface area contributed by atoms with Crippen molar-refractivity contribution in [2.24, 2.45) is 0 Å². The molecule has 162 valence electrons. The molecule has 0 bridgehead atoms. The maximum absolute atomic E-state index is 6.30. The van der Waals surface area contributed by atoms with E-state index >= 15 is 0 Å². The zero-order chi connectivity index (χ0) is 22.4. The van der Waals surface area contributed by atoms with E-state index in [9.17, 15) is 0 Å². The molecule has 0 saturated carbocycles. The molecular weight excluding hydrogens is 525 g/mol. The van der Waals surface area contributed by atoms with E-state index in [0.717, 1.165) is 5.56 Å². The molecule has 31 heavy (non-hydrogen) atoms. The van der Waals surface area contributed by atoms with Crippen molar-refractivity contribution in [3.8, 4) is 23.0 Å². The molecule has 0 saturated heterocycles.